The van der Waals surface area contributed by atoms with Crippen molar-refractivity contribution in [2.45, 2.75) is 18.9 Å². The zero-order chi connectivity index (χ0) is 16.2. The van der Waals surface area contributed by atoms with Gasteiger partial charge in [0.2, 0.25) is 10.0 Å². The third-order valence-corrected chi connectivity index (χ3v) is 4.81. The number of carbonyl (C=O) groups excluding carboxylic acids is 1. The minimum absolute atomic E-state index is 0.196. The second-order valence-electron chi connectivity index (χ2n) is 5.26. The van der Waals surface area contributed by atoms with Gasteiger partial charge in [0.25, 0.3) is 0 Å². The number of carbonyl (C=O) groups is 1. The molecule has 7 nitrogen and oxygen atoms in total. The fourth-order valence-electron chi connectivity index (χ4n) is 2.45. The predicted octanol–water partition coefficient (Wildman–Crippen LogP) is 1.24. The number of sulfonamides is 1. The van der Waals surface area contributed by atoms with Crippen LogP contribution in [-0.4, -0.2) is 51.3 Å². The number of piperidine rings is 1. The monoisotopic (exact) mass is 327 g/mol. The normalized spacial score (nSPS) is 19.5. The van der Waals surface area contributed by atoms with E-state index < -0.39 is 10.0 Å². The SMILES string of the molecule is COc1ccccc1NC(=O)NC1CCCN(S(C)(=O)=O)C1. The van der Waals surface area contributed by atoms with Crippen LogP contribution in [0.4, 0.5) is 10.5 Å². The second-order valence-corrected chi connectivity index (χ2v) is 7.24. The molecule has 0 saturated carbocycles. The number of methoxy groups -OCH3 is 1. The first-order valence-electron chi connectivity index (χ1n) is 7.06. The Balaban J connectivity index is 1.94. The van der Waals surface area contributed by atoms with Crippen LogP contribution in [0.1, 0.15) is 12.8 Å². The number of hydrogen-bond donors (Lipinski definition) is 2. The van der Waals surface area contributed by atoms with E-state index in [1.165, 1.54) is 17.7 Å². The summed E-state index contributed by atoms with van der Waals surface area (Å²) < 4.78 is 29.7. The van der Waals surface area contributed by atoms with Crippen molar-refractivity contribution in [2.24, 2.45) is 0 Å². The lowest BCUT2D eigenvalue weighted by atomic mass is 10.1. The average molecular weight is 327 g/mol. The van der Waals surface area contributed by atoms with Crippen molar-refractivity contribution in [3.05, 3.63) is 24.3 Å². The maximum absolute atomic E-state index is 12.1. The standard InChI is InChI=1S/C14H21N3O4S/c1-21-13-8-4-3-7-12(13)16-14(18)15-11-6-5-9-17(10-11)22(2,19)20/h3-4,7-8,11H,5-6,9-10H2,1-2H3,(H2,15,16,18). The van der Waals surface area contributed by atoms with Gasteiger partial charge in [-0.05, 0) is 25.0 Å². The molecule has 1 heterocycles. The number of ether oxygens (including phenoxy) is 1. The molecule has 122 valence electrons. The molecule has 2 rings (SSSR count). The van der Waals surface area contributed by atoms with Gasteiger partial charge in [-0.3, -0.25) is 0 Å². The first kappa shape index (κ1) is 16.6. The van der Waals surface area contributed by atoms with Gasteiger partial charge in [0.05, 0.1) is 19.1 Å². The van der Waals surface area contributed by atoms with Gasteiger partial charge in [-0.1, -0.05) is 12.1 Å². The second kappa shape index (κ2) is 6.97. The smallest absolute Gasteiger partial charge is 0.319 e. The van der Waals surface area contributed by atoms with Crippen LogP contribution in [0.5, 0.6) is 5.75 Å². The fourth-order valence-corrected chi connectivity index (χ4v) is 3.36. The molecule has 8 heteroatoms. The topological polar surface area (TPSA) is 87.7 Å². The van der Waals surface area contributed by atoms with Gasteiger partial charge in [-0.25, -0.2) is 17.5 Å². The highest BCUT2D eigenvalue weighted by Gasteiger charge is 2.26. The van der Waals surface area contributed by atoms with Crippen molar-refractivity contribution in [3.63, 3.8) is 0 Å². The number of para-hydroxylation sites is 2. The Morgan fingerprint density at radius 1 is 1.36 bits per heavy atom. The lowest BCUT2D eigenvalue weighted by Gasteiger charge is -2.31. The molecule has 1 unspecified atom stereocenters. The number of nitrogens with one attached hydrogen (secondary N) is 2. The summed E-state index contributed by atoms with van der Waals surface area (Å²) in [5.41, 5.74) is 0.568. The molecule has 0 radical (unpaired) electrons. The summed E-state index contributed by atoms with van der Waals surface area (Å²) in [5, 5.41) is 5.53. The molecule has 22 heavy (non-hydrogen) atoms. The highest BCUT2D eigenvalue weighted by molar-refractivity contribution is 7.88. The van der Waals surface area contributed by atoms with Gasteiger partial charge in [0, 0.05) is 19.1 Å². The maximum atomic E-state index is 12.1. The Kier molecular flexibility index (Phi) is 5.25. The van der Waals surface area contributed by atoms with E-state index in [2.05, 4.69) is 10.6 Å². The predicted molar refractivity (Wildman–Crippen MR) is 84.6 cm³/mol. The summed E-state index contributed by atoms with van der Waals surface area (Å²) in [6, 6.07) is 6.53. The first-order chi connectivity index (χ1) is 10.4. The highest BCUT2D eigenvalue weighted by atomic mass is 32.2. The van der Waals surface area contributed by atoms with Gasteiger partial charge < -0.3 is 15.4 Å². The Hall–Kier alpha value is -1.80. The molecule has 1 aliphatic heterocycles. The molecule has 0 spiro atoms. The first-order valence-corrected chi connectivity index (χ1v) is 8.90. The van der Waals surface area contributed by atoms with E-state index in [4.69, 9.17) is 4.74 Å². The maximum Gasteiger partial charge on any atom is 0.319 e. The van der Waals surface area contributed by atoms with Crippen molar-refractivity contribution >= 4 is 21.7 Å². The molecular formula is C14H21N3O4S. The molecule has 1 aromatic carbocycles. The molecule has 1 fully saturated rings. The van der Waals surface area contributed by atoms with E-state index in [1.54, 1.807) is 18.2 Å². The number of hydrogen-bond acceptors (Lipinski definition) is 4. The van der Waals surface area contributed by atoms with Crippen molar-refractivity contribution in [3.8, 4) is 5.75 Å². The zero-order valence-corrected chi connectivity index (χ0v) is 13.5. The van der Waals surface area contributed by atoms with Gasteiger partial charge in [-0.2, -0.15) is 0 Å². The van der Waals surface area contributed by atoms with Crippen LogP contribution in [0.25, 0.3) is 0 Å². The van der Waals surface area contributed by atoms with Crippen molar-refractivity contribution in [1.29, 1.82) is 0 Å². The van der Waals surface area contributed by atoms with Crippen molar-refractivity contribution in [2.75, 3.05) is 31.8 Å². The molecule has 0 bridgehead atoms. The summed E-state index contributed by atoms with van der Waals surface area (Å²) in [5.74, 6) is 0.569. The highest BCUT2D eigenvalue weighted by Crippen LogP contribution is 2.23. The summed E-state index contributed by atoms with van der Waals surface area (Å²) in [4.78, 5) is 12.1. The summed E-state index contributed by atoms with van der Waals surface area (Å²) in [6.45, 7) is 0.809. The van der Waals surface area contributed by atoms with Crippen molar-refractivity contribution in [1.82, 2.24) is 9.62 Å². The Morgan fingerprint density at radius 3 is 2.77 bits per heavy atom. The number of benzene rings is 1. The van der Waals surface area contributed by atoms with Gasteiger partial charge in [0.15, 0.2) is 0 Å². The Morgan fingerprint density at radius 2 is 2.09 bits per heavy atom. The molecule has 0 aromatic heterocycles. The Labute approximate surface area is 130 Å². The molecule has 1 aromatic rings. The van der Waals surface area contributed by atoms with E-state index in [9.17, 15) is 13.2 Å². The minimum atomic E-state index is -3.22. The van der Waals surface area contributed by atoms with E-state index in [0.29, 0.717) is 24.5 Å². The van der Waals surface area contributed by atoms with Gasteiger partial charge >= 0.3 is 6.03 Å². The molecule has 1 saturated heterocycles. The molecule has 2 amide bonds. The number of amides is 2. The summed E-state index contributed by atoms with van der Waals surface area (Å²) in [6.07, 6.45) is 2.67. The lowest BCUT2D eigenvalue weighted by Crippen LogP contribution is -2.50. The Bertz CT molecular complexity index is 633. The van der Waals surface area contributed by atoms with E-state index in [1.807, 2.05) is 6.07 Å². The molecule has 2 N–H and O–H groups in total. The number of urea groups is 1. The number of anilines is 1. The van der Waals surface area contributed by atoms with Crippen LogP contribution in [0, 0.1) is 0 Å². The summed E-state index contributed by atoms with van der Waals surface area (Å²) >= 11 is 0. The van der Waals surface area contributed by atoms with E-state index in [-0.39, 0.29) is 12.1 Å². The van der Waals surface area contributed by atoms with Crippen LogP contribution in [0.15, 0.2) is 24.3 Å². The van der Waals surface area contributed by atoms with E-state index >= 15 is 0 Å². The summed E-state index contributed by atoms with van der Waals surface area (Å²) in [7, 11) is -1.69. The average Bonchev–Trinajstić information content (AvgIpc) is 2.47. The minimum Gasteiger partial charge on any atom is -0.495 e. The van der Waals surface area contributed by atoms with Crippen molar-refractivity contribution < 1.29 is 17.9 Å². The third kappa shape index (κ3) is 4.35. The van der Waals surface area contributed by atoms with Crippen LogP contribution < -0.4 is 15.4 Å². The fraction of sp³-hybridized carbons (Fsp3) is 0.500. The van der Waals surface area contributed by atoms with Crippen LogP contribution in [-0.2, 0) is 10.0 Å². The van der Waals surface area contributed by atoms with Crippen LogP contribution in [0.3, 0.4) is 0 Å². The molecule has 1 atom stereocenters. The number of nitrogens with zero attached hydrogens (tertiary/aromatic N) is 1. The van der Waals surface area contributed by atoms with Gasteiger partial charge in [0.1, 0.15) is 5.75 Å². The molecule has 1 aliphatic rings. The quantitative estimate of drug-likeness (QED) is 0.871. The zero-order valence-electron chi connectivity index (χ0n) is 12.7. The molecular weight excluding hydrogens is 306 g/mol. The van der Waals surface area contributed by atoms with Crippen LogP contribution >= 0.6 is 0 Å². The number of rotatable bonds is 4. The van der Waals surface area contributed by atoms with Gasteiger partial charge in [-0.15, -0.1) is 0 Å². The molecule has 0 aliphatic carbocycles. The lowest BCUT2D eigenvalue weighted by molar-refractivity contribution is 0.236. The largest absolute Gasteiger partial charge is 0.495 e. The third-order valence-electron chi connectivity index (χ3n) is 3.54. The van der Waals surface area contributed by atoms with E-state index in [0.717, 1.165) is 12.8 Å². The van der Waals surface area contributed by atoms with Crippen LogP contribution in [0.2, 0.25) is 0 Å².